The predicted octanol–water partition coefficient (Wildman–Crippen LogP) is 4.62. The first kappa shape index (κ1) is 25.4. The van der Waals surface area contributed by atoms with Crippen LogP contribution in [0.4, 0.5) is 4.39 Å². The maximum absolute atomic E-state index is 13.6. The van der Waals surface area contributed by atoms with Gasteiger partial charge in [0.2, 0.25) is 0 Å². The van der Waals surface area contributed by atoms with Gasteiger partial charge in [0.15, 0.2) is 8.03 Å². The fourth-order valence-electron chi connectivity index (χ4n) is 3.38. The Morgan fingerprint density at radius 2 is 1.82 bits per heavy atom. The Morgan fingerprint density at radius 3 is 2.44 bits per heavy atom. The standard InChI is InChI=1S/C25H26FN2O5P/c1-17(2)28-22(9-6-14-33-34(32)16-21(29)15-23(30)31)24(18-10-12-20(26)13-11-18)25(27-28)19-7-4-3-5-8-19/h3-5,7-8,10-13,17,21,29,34H,14-16H2,1-2H3,(H,30,31)/t21-/m0/s1. The number of aromatic nitrogens is 2. The van der Waals surface area contributed by atoms with Gasteiger partial charge < -0.3 is 14.7 Å². The summed E-state index contributed by atoms with van der Waals surface area (Å²) in [5.74, 6) is 4.38. The van der Waals surface area contributed by atoms with Gasteiger partial charge in [-0.2, -0.15) is 5.10 Å². The third-order valence-corrected chi connectivity index (χ3v) is 6.18. The van der Waals surface area contributed by atoms with E-state index < -0.39 is 26.5 Å². The number of nitrogens with zero attached hydrogens (tertiary/aromatic N) is 2. The van der Waals surface area contributed by atoms with Crippen LogP contribution in [0.2, 0.25) is 0 Å². The van der Waals surface area contributed by atoms with E-state index in [1.54, 1.807) is 16.8 Å². The molecular weight excluding hydrogens is 458 g/mol. The molecule has 0 fully saturated rings. The highest BCUT2D eigenvalue weighted by molar-refractivity contribution is 7.39. The molecule has 178 valence electrons. The molecule has 0 aliphatic heterocycles. The van der Waals surface area contributed by atoms with Gasteiger partial charge in [-0.3, -0.25) is 14.0 Å². The van der Waals surface area contributed by atoms with Crippen LogP contribution in [0.5, 0.6) is 0 Å². The summed E-state index contributed by atoms with van der Waals surface area (Å²) in [4.78, 5) is 10.6. The normalized spacial score (nSPS) is 12.7. The summed E-state index contributed by atoms with van der Waals surface area (Å²) in [6, 6.07) is 15.7. The minimum atomic E-state index is -2.65. The van der Waals surface area contributed by atoms with Gasteiger partial charge in [0, 0.05) is 23.3 Å². The monoisotopic (exact) mass is 484 g/mol. The zero-order chi connectivity index (χ0) is 24.7. The van der Waals surface area contributed by atoms with Crippen LogP contribution in [0.25, 0.3) is 22.4 Å². The van der Waals surface area contributed by atoms with Gasteiger partial charge in [-0.05, 0) is 37.5 Å². The highest BCUT2D eigenvalue weighted by atomic mass is 31.1. The van der Waals surface area contributed by atoms with E-state index in [1.807, 2.05) is 44.2 Å². The number of carbonyl (C=O) groups is 1. The quantitative estimate of drug-likeness (QED) is 0.340. The van der Waals surface area contributed by atoms with Gasteiger partial charge in [0.05, 0.1) is 12.5 Å². The topological polar surface area (TPSA) is 102 Å². The molecule has 1 aromatic heterocycles. The van der Waals surface area contributed by atoms with E-state index in [4.69, 9.17) is 14.7 Å². The van der Waals surface area contributed by atoms with E-state index in [2.05, 4.69) is 11.8 Å². The SMILES string of the molecule is CC(C)n1nc(-c2ccccc2)c(-c2ccc(F)cc2)c1C#CCO[PH](=O)C[C@@H](O)CC(=O)O. The molecule has 0 radical (unpaired) electrons. The molecule has 9 heteroatoms. The Kier molecular flexibility index (Phi) is 8.78. The lowest BCUT2D eigenvalue weighted by Crippen LogP contribution is -2.15. The molecule has 0 saturated heterocycles. The first-order chi connectivity index (χ1) is 16.3. The predicted molar refractivity (Wildman–Crippen MR) is 128 cm³/mol. The lowest BCUT2D eigenvalue weighted by molar-refractivity contribution is -0.138. The third kappa shape index (κ3) is 6.64. The number of hydrogen-bond donors (Lipinski definition) is 2. The summed E-state index contributed by atoms with van der Waals surface area (Å²) < 4.78 is 32.6. The summed E-state index contributed by atoms with van der Waals surface area (Å²) in [5, 5.41) is 23.1. The van der Waals surface area contributed by atoms with E-state index >= 15 is 0 Å². The summed E-state index contributed by atoms with van der Waals surface area (Å²) in [6.07, 6.45) is -1.98. The molecule has 2 atom stereocenters. The van der Waals surface area contributed by atoms with Crippen molar-refractivity contribution >= 4 is 14.0 Å². The van der Waals surface area contributed by atoms with Gasteiger partial charge in [0.25, 0.3) is 0 Å². The lowest BCUT2D eigenvalue weighted by Gasteiger charge is -2.08. The maximum atomic E-state index is 13.6. The van der Waals surface area contributed by atoms with Gasteiger partial charge in [0.1, 0.15) is 23.8 Å². The molecular formula is C25H26FN2O5P. The molecule has 2 aromatic carbocycles. The van der Waals surface area contributed by atoms with Gasteiger partial charge in [-0.1, -0.05) is 48.4 Å². The van der Waals surface area contributed by atoms with Crippen molar-refractivity contribution in [3.63, 3.8) is 0 Å². The Labute approximate surface area is 198 Å². The van der Waals surface area contributed by atoms with Crippen LogP contribution in [-0.2, 0) is 13.9 Å². The number of benzene rings is 2. The second kappa shape index (κ2) is 11.8. The molecule has 1 heterocycles. The first-order valence-corrected chi connectivity index (χ1v) is 12.3. The van der Waals surface area contributed by atoms with Crippen molar-refractivity contribution in [2.45, 2.75) is 32.4 Å². The van der Waals surface area contributed by atoms with Gasteiger partial charge in [-0.25, -0.2) is 4.39 Å². The Morgan fingerprint density at radius 1 is 1.15 bits per heavy atom. The third-order valence-electron chi connectivity index (χ3n) is 4.90. The summed E-state index contributed by atoms with van der Waals surface area (Å²) in [5.41, 5.74) is 3.70. The smallest absolute Gasteiger partial charge is 0.305 e. The number of hydrogen-bond acceptors (Lipinski definition) is 5. The average molecular weight is 484 g/mol. The number of aliphatic hydroxyl groups excluding tert-OH is 1. The van der Waals surface area contributed by atoms with E-state index in [1.165, 1.54) is 12.1 Å². The highest BCUT2D eigenvalue weighted by Gasteiger charge is 2.21. The molecule has 0 spiro atoms. The van der Waals surface area contributed by atoms with E-state index in [9.17, 15) is 18.9 Å². The largest absolute Gasteiger partial charge is 0.481 e. The van der Waals surface area contributed by atoms with Crippen molar-refractivity contribution in [2.75, 3.05) is 12.8 Å². The second-order valence-corrected chi connectivity index (χ2v) is 9.34. The minimum Gasteiger partial charge on any atom is -0.481 e. The second-order valence-electron chi connectivity index (χ2n) is 7.90. The molecule has 1 unspecified atom stereocenters. The van der Waals surface area contributed by atoms with Crippen LogP contribution < -0.4 is 0 Å². The van der Waals surface area contributed by atoms with Crippen LogP contribution in [0.15, 0.2) is 54.6 Å². The number of halogens is 1. The average Bonchev–Trinajstić information content (AvgIpc) is 3.17. The zero-order valence-electron chi connectivity index (χ0n) is 18.9. The number of carboxylic acid groups (broad SMARTS) is 1. The summed E-state index contributed by atoms with van der Waals surface area (Å²) in [6.45, 7) is 3.78. The van der Waals surface area contributed by atoms with Crippen molar-refractivity contribution in [2.24, 2.45) is 0 Å². The van der Waals surface area contributed by atoms with Crippen molar-refractivity contribution in [3.05, 3.63) is 66.1 Å². The lowest BCUT2D eigenvalue weighted by atomic mass is 9.99. The van der Waals surface area contributed by atoms with Crippen molar-refractivity contribution < 1.29 is 28.5 Å². The molecule has 0 aliphatic rings. The molecule has 7 nitrogen and oxygen atoms in total. The van der Waals surface area contributed by atoms with Crippen molar-refractivity contribution in [1.82, 2.24) is 9.78 Å². The minimum absolute atomic E-state index is 0.0211. The molecule has 0 aliphatic carbocycles. The van der Waals surface area contributed by atoms with Gasteiger partial charge >= 0.3 is 5.97 Å². The first-order valence-electron chi connectivity index (χ1n) is 10.7. The van der Waals surface area contributed by atoms with E-state index in [0.29, 0.717) is 11.4 Å². The van der Waals surface area contributed by atoms with E-state index in [0.717, 1.165) is 16.7 Å². The fraction of sp³-hybridized carbons (Fsp3) is 0.280. The van der Waals surface area contributed by atoms with Crippen LogP contribution in [0.1, 0.15) is 32.0 Å². The van der Waals surface area contributed by atoms with Crippen LogP contribution >= 0.6 is 8.03 Å². The molecule has 3 aromatic rings. The molecule has 0 bridgehead atoms. The van der Waals surface area contributed by atoms with Gasteiger partial charge in [-0.15, -0.1) is 0 Å². The van der Waals surface area contributed by atoms with Crippen LogP contribution in [0.3, 0.4) is 0 Å². The number of aliphatic hydroxyl groups is 1. The molecule has 0 saturated carbocycles. The molecule has 0 amide bonds. The highest BCUT2D eigenvalue weighted by Crippen LogP contribution is 2.35. The Hall–Kier alpha value is -3.24. The number of carboxylic acids is 1. The van der Waals surface area contributed by atoms with Crippen LogP contribution in [0, 0.1) is 17.7 Å². The number of rotatable bonds is 9. The van der Waals surface area contributed by atoms with Crippen molar-refractivity contribution in [1.29, 1.82) is 0 Å². The molecule has 34 heavy (non-hydrogen) atoms. The number of aliphatic carboxylic acids is 1. The molecule has 2 N–H and O–H groups in total. The Balaban J connectivity index is 1.94. The van der Waals surface area contributed by atoms with Crippen molar-refractivity contribution in [3.8, 4) is 34.2 Å². The Bertz CT molecular complexity index is 1210. The van der Waals surface area contributed by atoms with E-state index in [-0.39, 0.29) is 24.6 Å². The summed E-state index contributed by atoms with van der Waals surface area (Å²) >= 11 is 0. The fourth-order valence-corrected chi connectivity index (χ4v) is 4.26. The maximum Gasteiger partial charge on any atom is 0.305 e. The summed E-state index contributed by atoms with van der Waals surface area (Å²) in [7, 11) is -2.65. The zero-order valence-corrected chi connectivity index (χ0v) is 19.9. The van der Waals surface area contributed by atoms with Crippen LogP contribution in [-0.4, -0.2) is 44.8 Å². The molecule has 3 rings (SSSR count).